The maximum atomic E-state index is 13.7. The Labute approximate surface area is 282 Å². The van der Waals surface area contributed by atoms with Crippen LogP contribution in [0.2, 0.25) is 0 Å². The van der Waals surface area contributed by atoms with Gasteiger partial charge in [0.2, 0.25) is 5.91 Å². The van der Waals surface area contributed by atoms with E-state index in [4.69, 9.17) is 4.74 Å². The number of fused-ring (bicyclic) bond motifs is 2. The van der Waals surface area contributed by atoms with Crippen molar-refractivity contribution >= 4 is 28.8 Å². The summed E-state index contributed by atoms with van der Waals surface area (Å²) < 4.78 is 5.76. The van der Waals surface area contributed by atoms with Gasteiger partial charge in [0.25, 0.3) is 5.91 Å². The monoisotopic (exact) mass is 654 g/mol. The van der Waals surface area contributed by atoms with Crippen LogP contribution in [0.4, 0.5) is 4.79 Å². The number of rotatable bonds is 10. The molecule has 11 heteroatoms. The van der Waals surface area contributed by atoms with Gasteiger partial charge >= 0.3 is 6.09 Å². The number of para-hydroxylation sites is 1. The molecule has 0 spiro atoms. The highest BCUT2D eigenvalue weighted by atomic mass is 16.6. The Balaban J connectivity index is 1.34. The SMILES string of the molecule is CC(C)(C)OC(=O)N1CC2CCCCC2CN1C[C@H](O)[C@H](Cc1ccccc1)NC(=O)[C@H](CC#N)NC(=O)c1ccc2ccccc2n1. The molecule has 0 radical (unpaired) electrons. The summed E-state index contributed by atoms with van der Waals surface area (Å²) in [5.41, 5.74) is 0.962. The van der Waals surface area contributed by atoms with E-state index in [-0.39, 0.29) is 18.7 Å². The van der Waals surface area contributed by atoms with Crippen LogP contribution in [0.1, 0.15) is 68.9 Å². The van der Waals surface area contributed by atoms with Crippen LogP contribution < -0.4 is 10.6 Å². The second kappa shape index (κ2) is 15.6. The average molecular weight is 655 g/mol. The Morgan fingerprint density at radius 2 is 1.67 bits per heavy atom. The highest BCUT2D eigenvalue weighted by molar-refractivity contribution is 5.98. The molecule has 2 unspecified atom stereocenters. The van der Waals surface area contributed by atoms with E-state index >= 15 is 0 Å². The molecule has 254 valence electrons. The molecule has 3 amide bonds. The number of carbonyl (C=O) groups excluding carboxylic acids is 3. The lowest BCUT2D eigenvalue weighted by Gasteiger charge is -2.48. The summed E-state index contributed by atoms with van der Waals surface area (Å²) in [6.45, 7) is 6.68. The summed E-state index contributed by atoms with van der Waals surface area (Å²) >= 11 is 0. The molecule has 5 rings (SSSR count). The number of amides is 3. The molecule has 3 N–H and O–H groups in total. The summed E-state index contributed by atoms with van der Waals surface area (Å²) in [5, 5.41) is 31.3. The molecule has 1 aliphatic heterocycles. The standard InChI is InChI=1S/C37H46N6O5/c1-37(2,3)48-36(47)43-23-28-15-8-7-14-27(28)22-42(43)24-33(44)32(21-25-11-5-4-6-12-25)41-35(46)31(19-20-38)40-34(45)30-18-17-26-13-9-10-16-29(26)39-30/h4-6,9-13,16-18,27-28,31-33,44H,7-8,14-15,19,21-24H2,1-3H3,(H,40,45)(H,41,46)/t27?,28?,31-,32-,33-/m0/s1. The van der Waals surface area contributed by atoms with Gasteiger partial charge in [-0.15, -0.1) is 0 Å². The zero-order valence-corrected chi connectivity index (χ0v) is 28.0. The van der Waals surface area contributed by atoms with E-state index in [2.05, 4.69) is 15.6 Å². The van der Waals surface area contributed by atoms with Gasteiger partial charge in [-0.1, -0.05) is 67.4 Å². The highest BCUT2D eigenvalue weighted by Crippen LogP contribution is 2.36. The first-order chi connectivity index (χ1) is 23.0. The Bertz CT molecular complexity index is 1620. The van der Waals surface area contributed by atoms with Crippen molar-refractivity contribution in [3.63, 3.8) is 0 Å². The fourth-order valence-corrected chi connectivity index (χ4v) is 6.65. The molecular weight excluding hydrogens is 608 g/mol. The number of hydrogen-bond acceptors (Lipinski definition) is 8. The molecule has 2 aromatic carbocycles. The first-order valence-corrected chi connectivity index (χ1v) is 16.8. The number of nitrogens with one attached hydrogen (secondary N) is 2. The second-order valence-electron chi connectivity index (χ2n) is 13.9. The molecule has 5 atom stereocenters. The van der Waals surface area contributed by atoms with Crippen molar-refractivity contribution < 1.29 is 24.2 Å². The van der Waals surface area contributed by atoms with Gasteiger partial charge in [0, 0.05) is 25.0 Å². The van der Waals surface area contributed by atoms with Gasteiger partial charge in [0.05, 0.1) is 30.2 Å². The van der Waals surface area contributed by atoms with E-state index < -0.39 is 41.7 Å². The summed E-state index contributed by atoms with van der Waals surface area (Å²) in [6.07, 6.45) is 2.84. The quantitative estimate of drug-likeness (QED) is 0.287. The van der Waals surface area contributed by atoms with Gasteiger partial charge in [0.15, 0.2) is 0 Å². The van der Waals surface area contributed by atoms with Gasteiger partial charge in [0.1, 0.15) is 17.3 Å². The smallest absolute Gasteiger partial charge is 0.424 e. The molecule has 1 saturated carbocycles. The van der Waals surface area contributed by atoms with Crippen LogP contribution in [0.25, 0.3) is 10.9 Å². The lowest BCUT2D eigenvalue weighted by molar-refractivity contribution is -0.128. The van der Waals surface area contributed by atoms with Gasteiger partial charge < -0.3 is 20.5 Å². The Kier molecular flexibility index (Phi) is 11.3. The maximum Gasteiger partial charge on any atom is 0.424 e. The number of carbonyl (C=O) groups is 3. The van der Waals surface area contributed by atoms with Crippen molar-refractivity contribution in [1.29, 1.82) is 5.26 Å². The predicted octanol–water partition coefficient (Wildman–Crippen LogP) is 4.61. The van der Waals surface area contributed by atoms with E-state index in [1.54, 1.807) is 23.2 Å². The van der Waals surface area contributed by atoms with E-state index in [1.807, 2.05) is 80.4 Å². The topological polar surface area (TPSA) is 148 Å². The van der Waals surface area contributed by atoms with Crippen molar-refractivity contribution in [3.05, 3.63) is 78.0 Å². The fourth-order valence-electron chi connectivity index (χ4n) is 6.65. The number of pyridine rings is 1. The van der Waals surface area contributed by atoms with Crippen LogP contribution in [0.5, 0.6) is 0 Å². The summed E-state index contributed by atoms with van der Waals surface area (Å²) in [7, 11) is 0. The van der Waals surface area contributed by atoms with Crippen LogP contribution in [0, 0.1) is 23.2 Å². The molecule has 48 heavy (non-hydrogen) atoms. The van der Waals surface area contributed by atoms with Crippen molar-refractivity contribution in [2.75, 3.05) is 19.6 Å². The molecule has 1 aromatic heterocycles. The second-order valence-corrected chi connectivity index (χ2v) is 13.9. The Morgan fingerprint density at radius 1 is 0.979 bits per heavy atom. The molecule has 3 aromatic rings. The first kappa shape index (κ1) is 34.8. The number of aromatic nitrogens is 1. The zero-order valence-electron chi connectivity index (χ0n) is 28.0. The van der Waals surface area contributed by atoms with Gasteiger partial charge in [-0.25, -0.2) is 19.8 Å². The summed E-state index contributed by atoms with van der Waals surface area (Å²) in [5.74, 6) is -0.419. The number of nitrogens with zero attached hydrogens (tertiary/aromatic N) is 4. The Hall–Kier alpha value is -4.53. The van der Waals surface area contributed by atoms with Gasteiger partial charge in [-0.05, 0) is 69.6 Å². The third kappa shape index (κ3) is 9.08. The van der Waals surface area contributed by atoms with Crippen LogP contribution in [-0.2, 0) is 16.0 Å². The normalized spacial score (nSPS) is 20.1. The summed E-state index contributed by atoms with van der Waals surface area (Å²) in [4.78, 5) is 44.7. The minimum Gasteiger partial charge on any atom is -0.443 e. The number of aliphatic hydroxyl groups excluding tert-OH is 1. The van der Waals surface area contributed by atoms with E-state index in [0.29, 0.717) is 36.9 Å². The number of hydrazine groups is 1. The number of hydrogen-bond donors (Lipinski definition) is 3. The van der Waals surface area contributed by atoms with Gasteiger partial charge in [-0.2, -0.15) is 5.26 Å². The van der Waals surface area contributed by atoms with Crippen molar-refractivity contribution in [2.24, 2.45) is 11.8 Å². The number of ether oxygens (including phenoxy) is 1. The lowest BCUT2D eigenvalue weighted by Crippen LogP contribution is -2.61. The largest absolute Gasteiger partial charge is 0.443 e. The van der Waals surface area contributed by atoms with Crippen molar-refractivity contribution in [3.8, 4) is 6.07 Å². The fraction of sp³-hybridized carbons (Fsp3) is 0.486. The average Bonchev–Trinajstić information content (AvgIpc) is 3.06. The molecule has 2 heterocycles. The zero-order chi connectivity index (χ0) is 34.3. The van der Waals surface area contributed by atoms with Crippen LogP contribution in [-0.4, -0.2) is 81.4 Å². The third-order valence-electron chi connectivity index (χ3n) is 9.10. The Morgan fingerprint density at radius 3 is 2.38 bits per heavy atom. The predicted molar refractivity (Wildman–Crippen MR) is 181 cm³/mol. The number of benzene rings is 2. The lowest BCUT2D eigenvalue weighted by atomic mass is 9.77. The van der Waals surface area contributed by atoms with Gasteiger partial charge in [-0.3, -0.25) is 9.59 Å². The third-order valence-corrected chi connectivity index (χ3v) is 9.10. The first-order valence-electron chi connectivity index (χ1n) is 16.8. The number of aliphatic hydroxyl groups is 1. The molecule has 2 aliphatic rings. The van der Waals surface area contributed by atoms with Crippen LogP contribution in [0.15, 0.2) is 66.7 Å². The minimum absolute atomic E-state index is 0.0799. The van der Waals surface area contributed by atoms with E-state index in [9.17, 15) is 24.8 Å². The molecular formula is C37H46N6O5. The van der Waals surface area contributed by atoms with Crippen LogP contribution in [0.3, 0.4) is 0 Å². The summed E-state index contributed by atoms with van der Waals surface area (Å²) in [6, 6.07) is 20.2. The molecule has 1 saturated heterocycles. The highest BCUT2D eigenvalue weighted by Gasteiger charge is 2.41. The van der Waals surface area contributed by atoms with E-state index in [0.717, 1.165) is 36.6 Å². The molecule has 0 bridgehead atoms. The number of nitriles is 1. The molecule has 1 aliphatic carbocycles. The molecule has 11 nitrogen and oxygen atoms in total. The van der Waals surface area contributed by atoms with E-state index in [1.165, 1.54) is 0 Å². The van der Waals surface area contributed by atoms with Crippen LogP contribution >= 0.6 is 0 Å². The number of β-amino-alcohol motifs (C(OH)–C–C–N with tert-alkyl or cyclic N) is 1. The minimum atomic E-state index is -1.18. The molecule has 2 fully saturated rings. The van der Waals surface area contributed by atoms with Crippen molar-refractivity contribution in [2.45, 2.75) is 83.1 Å². The van der Waals surface area contributed by atoms with Crippen molar-refractivity contribution in [1.82, 2.24) is 25.6 Å². The maximum absolute atomic E-state index is 13.7.